The number of aliphatic carboxylic acids is 1. The largest absolute Gasteiger partial charge is 0.481 e. The second-order valence-corrected chi connectivity index (χ2v) is 3.25. The first kappa shape index (κ1) is 11.3. The SMILES string of the molecule is CCc1cccc(C#CCCC(=O)O)c1. The van der Waals surface area contributed by atoms with Gasteiger partial charge in [0.2, 0.25) is 0 Å². The zero-order valence-electron chi connectivity index (χ0n) is 8.79. The fourth-order valence-electron chi connectivity index (χ4n) is 1.20. The van der Waals surface area contributed by atoms with E-state index in [4.69, 9.17) is 5.11 Å². The molecule has 2 nitrogen and oxygen atoms in total. The van der Waals surface area contributed by atoms with Crippen molar-refractivity contribution in [1.82, 2.24) is 0 Å². The van der Waals surface area contributed by atoms with Crippen molar-refractivity contribution >= 4 is 5.97 Å². The first-order valence-electron chi connectivity index (χ1n) is 5.02. The molecule has 78 valence electrons. The summed E-state index contributed by atoms with van der Waals surface area (Å²) in [5.41, 5.74) is 2.21. The van der Waals surface area contributed by atoms with Crippen LogP contribution < -0.4 is 0 Å². The first-order valence-corrected chi connectivity index (χ1v) is 5.02. The molecule has 0 saturated heterocycles. The molecule has 1 aromatic rings. The molecule has 1 N–H and O–H groups in total. The van der Waals surface area contributed by atoms with E-state index in [1.54, 1.807) is 0 Å². The lowest BCUT2D eigenvalue weighted by Gasteiger charge is -1.95. The molecule has 0 radical (unpaired) electrons. The smallest absolute Gasteiger partial charge is 0.304 e. The van der Waals surface area contributed by atoms with Crippen LogP contribution in [0.2, 0.25) is 0 Å². The Kier molecular flexibility index (Phi) is 4.43. The molecular weight excluding hydrogens is 188 g/mol. The summed E-state index contributed by atoms with van der Waals surface area (Å²) < 4.78 is 0. The molecule has 0 aromatic heterocycles. The third-order valence-corrected chi connectivity index (χ3v) is 2.03. The number of carbonyl (C=O) groups is 1. The molecule has 0 aliphatic rings. The molecule has 0 aliphatic heterocycles. The Hall–Kier alpha value is -1.75. The lowest BCUT2D eigenvalue weighted by molar-refractivity contribution is -0.136. The van der Waals surface area contributed by atoms with E-state index in [0.717, 1.165) is 12.0 Å². The Morgan fingerprint density at radius 1 is 1.47 bits per heavy atom. The van der Waals surface area contributed by atoms with Gasteiger partial charge in [0.25, 0.3) is 0 Å². The summed E-state index contributed by atoms with van der Waals surface area (Å²) in [6.45, 7) is 2.09. The molecule has 1 rings (SSSR count). The number of benzene rings is 1. The van der Waals surface area contributed by atoms with E-state index < -0.39 is 5.97 Å². The van der Waals surface area contributed by atoms with Gasteiger partial charge in [0, 0.05) is 12.0 Å². The molecule has 15 heavy (non-hydrogen) atoms. The molecule has 0 heterocycles. The number of aryl methyl sites for hydroxylation is 1. The number of hydrogen-bond acceptors (Lipinski definition) is 1. The van der Waals surface area contributed by atoms with Crippen molar-refractivity contribution in [2.24, 2.45) is 0 Å². The Balaban J connectivity index is 2.59. The van der Waals surface area contributed by atoms with E-state index in [0.29, 0.717) is 6.42 Å². The average Bonchev–Trinajstić information content (AvgIpc) is 2.24. The highest BCUT2D eigenvalue weighted by Gasteiger charge is 1.92. The predicted octanol–water partition coefficient (Wildman–Crippen LogP) is 2.47. The van der Waals surface area contributed by atoms with Crippen molar-refractivity contribution in [3.8, 4) is 11.8 Å². The number of carboxylic acids is 1. The van der Waals surface area contributed by atoms with Crippen molar-refractivity contribution < 1.29 is 9.90 Å². The summed E-state index contributed by atoms with van der Waals surface area (Å²) in [5.74, 6) is 5.02. The van der Waals surface area contributed by atoms with Gasteiger partial charge < -0.3 is 5.11 Å². The summed E-state index contributed by atoms with van der Waals surface area (Å²) in [6, 6.07) is 8.00. The van der Waals surface area contributed by atoms with Crippen LogP contribution in [0.3, 0.4) is 0 Å². The van der Waals surface area contributed by atoms with E-state index >= 15 is 0 Å². The summed E-state index contributed by atoms with van der Waals surface area (Å²) in [7, 11) is 0. The van der Waals surface area contributed by atoms with Crippen LogP contribution in [0.15, 0.2) is 24.3 Å². The van der Waals surface area contributed by atoms with Crippen LogP contribution in [0.25, 0.3) is 0 Å². The van der Waals surface area contributed by atoms with E-state index in [2.05, 4.69) is 24.8 Å². The van der Waals surface area contributed by atoms with Gasteiger partial charge in [-0.1, -0.05) is 30.9 Å². The minimum absolute atomic E-state index is 0.112. The molecular formula is C13H14O2. The lowest BCUT2D eigenvalue weighted by atomic mass is 10.1. The second kappa shape index (κ2) is 5.87. The summed E-state index contributed by atoms with van der Waals surface area (Å²) in [5, 5.41) is 8.43. The third-order valence-electron chi connectivity index (χ3n) is 2.03. The molecule has 0 aliphatic carbocycles. The van der Waals surface area contributed by atoms with Gasteiger partial charge in [-0.05, 0) is 24.1 Å². The van der Waals surface area contributed by atoms with Gasteiger partial charge in [0.05, 0.1) is 6.42 Å². The Bertz CT molecular complexity index is 396. The first-order chi connectivity index (χ1) is 7.22. The zero-order chi connectivity index (χ0) is 11.1. The van der Waals surface area contributed by atoms with Gasteiger partial charge in [-0.3, -0.25) is 4.79 Å². The normalized spacial score (nSPS) is 9.13. The number of carboxylic acid groups (broad SMARTS) is 1. The minimum Gasteiger partial charge on any atom is -0.481 e. The number of hydrogen-bond donors (Lipinski definition) is 1. The summed E-state index contributed by atoms with van der Waals surface area (Å²) in [4.78, 5) is 10.2. The van der Waals surface area contributed by atoms with Crippen LogP contribution in [-0.4, -0.2) is 11.1 Å². The zero-order valence-corrected chi connectivity index (χ0v) is 8.79. The molecule has 0 unspecified atom stereocenters. The van der Waals surface area contributed by atoms with Crippen LogP contribution in [-0.2, 0) is 11.2 Å². The van der Waals surface area contributed by atoms with Crippen molar-refractivity contribution in [3.63, 3.8) is 0 Å². The van der Waals surface area contributed by atoms with E-state index in [1.165, 1.54) is 5.56 Å². The van der Waals surface area contributed by atoms with Gasteiger partial charge >= 0.3 is 5.97 Å². The quantitative estimate of drug-likeness (QED) is 0.764. The maximum atomic E-state index is 10.2. The van der Waals surface area contributed by atoms with Crippen LogP contribution >= 0.6 is 0 Å². The minimum atomic E-state index is -0.799. The van der Waals surface area contributed by atoms with Gasteiger partial charge in [0.15, 0.2) is 0 Å². The lowest BCUT2D eigenvalue weighted by Crippen LogP contribution is -1.91. The van der Waals surface area contributed by atoms with E-state index in [9.17, 15) is 4.79 Å². The van der Waals surface area contributed by atoms with Gasteiger partial charge in [-0.25, -0.2) is 0 Å². The van der Waals surface area contributed by atoms with Crippen LogP contribution in [0.1, 0.15) is 30.9 Å². The Morgan fingerprint density at radius 3 is 2.93 bits per heavy atom. The summed E-state index contributed by atoms with van der Waals surface area (Å²) in [6.07, 6.45) is 1.51. The molecule has 0 saturated carbocycles. The van der Waals surface area contributed by atoms with Crippen molar-refractivity contribution in [1.29, 1.82) is 0 Å². The average molecular weight is 202 g/mol. The maximum Gasteiger partial charge on any atom is 0.304 e. The van der Waals surface area contributed by atoms with E-state index in [1.807, 2.05) is 18.2 Å². The standard InChI is InChI=1S/C13H14O2/c1-2-11-7-5-8-12(10-11)6-3-4-9-13(14)15/h5,7-8,10H,2,4,9H2,1H3,(H,14,15). The van der Waals surface area contributed by atoms with Crippen LogP contribution in [0.4, 0.5) is 0 Å². The van der Waals surface area contributed by atoms with Crippen molar-refractivity contribution in [2.75, 3.05) is 0 Å². The molecule has 2 heteroatoms. The fourth-order valence-corrected chi connectivity index (χ4v) is 1.20. The summed E-state index contributed by atoms with van der Waals surface area (Å²) >= 11 is 0. The molecule has 0 fully saturated rings. The maximum absolute atomic E-state index is 10.2. The van der Waals surface area contributed by atoms with Gasteiger partial charge in [-0.15, -0.1) is 0 Å². The highest BCUT2D eigenvalue weighted by molar-refractivity contribution is 5.67. The predicted molar refractivity (Wildman–Crippen MR) is 59.6 cm³/mol. The highest BCUT2D eigenvalue weighted by Crippen LogP contribution is 2.04. The molecule has 1 aromatic carbocycles. The Morgan fingerprint density at radius 2 is 2.27 bits per heavy atom. The van der Waals surface area contributed by atoms with E-state index in [-0.39, 0.29) is 6.42 Å². The van der Waals surface area contributed by atoms with Crippen molar-refractivity contribution in [3.05, 3.63) is 35.4 Å². The van der Waals surface area contributed by atoms with Gasteiger partial charge in [0.1, 0.15) is 0 Å². The van der Waals surface area contributed by atoms with Crippen LogP contribution in [0.5, 0.6) is 0 Å². The van der Waals surface area contributed by atoms with Crippen molar-refractivity contribution in [2.45, 2.75) is 26.2 Å². The molecule has 0 amide bonds. The monoisotopic (exact) mass is 202 g/mol. The second-order valence-electron chi connectivity index (χ2n) is 3.25. The third kappa shape index (κ3) is 4.33. The Labute approximate surface area is 89.9 Å². The fraction of sp³-hybridized carbons (Fsp3) is 0.308. The highest BCUT2D eigenvalue weighted by atomic mass is 16.4. The number of rotatable bonds is 3. The van der Waals surface area contributed by atoms with Crippen LogP contribution in [0, 0.1) is 11.8 Å². The molecule has 0 spiro atoms. The topological polar surface area (TPSA) is 37.3 Å². The molecule has 0 bridgehead atoms. The van der Waals surface area contributed by atoms with Gasteiger partial charge in [-0.2, -0.15) is 0 Å². The molecule has 0 atom stereocenters.